The summed E-state index contributed by atoms with van der Waals surface area (Å²) in [5, 5.41) is 4.15. The van der Waals surface area contributed by atoms with Gasteiger partial charge in [-0.25, -0.2) is 4.98 Å². The van der Waals surface area contributed by atoms with Crippen LogP contribution in [0.1, 0.15) is 5.56 Å². The Kier molecular flexibility index (Phi) is 3.13. The molecule has 122 valence electrons. The largest absolute Gasteiger partial charge is 0.493 e. The zero-order valence-corrected chi connectivity index (χ0v) is 13.3. The molecule has 2 aromatic heterocycles. The Morgan fingerprint density at radius 2 is 1.96 bits per heavy atom. The van der Waals surface area contributed by atoms with E-state index in [4.69, 9.17) is 9.26 Å². The number of nitrogens with one attached hydrogen (secondary N) is 1. The summed E-state index contributed by atoms with van der Waals surface area (Å²) in [5.41, 5.74) is 3.88. The van der Waals surface area contributed by atoms with Gasteiger partial charge in [0.05, 0.1) is 12.2 Å². The number of benzene rings is 2. The number of aromatic nitrogens is 4. The van der Waals surface area contributed by atoms with Gasteiger partial charge in [0, 0.05) is 29.9 Å². The molecule has 0 fully saturated rings. The van der Waals surface area contributed by atoms with Crippen LogP contribution >= 0.6 is 0 Å². The SMILES string of the molecule is c1ccc(-c2nc(-c3ccc4c(c3)CCO4)no2)c(-c2ncc[nH]2)c1. The standard InChI is InChI=1S/C19H14N4O2/c1-2-4-15(14(3-1)18-20-8-9-21-18)19-22-17(23-25-19)13-5-6-16-12(11-13)7-10-24-16/h1-6,8-9,11H,7,10H2,(H,20,21). The first kappa shape index (κ1) is 14.0. The first-order valence-corrected chi connectivity index (χ1v) is 8.07. The third-order valence-electron chi connectivity index (χ3n) is 4.28. The number of nitrogens with zero attached hydrogens (tertiary/aromatic N) is 3. The first-order chi connectivity index (χ1) is 12.4. The summed E-state index contributed by atoms with van der Waals surface area (Å²) in [4.78, 5) is 12.0. The molecule has 0 aliphatic carbocycles. The van der Waals surface area contributed by atoms with Gasteiger partial charge in [0.15, 0.2) is 0 Å². The molecule has 4 aromatic rings. The van der Waals surface area contributed by atoms with E-state index in [1.807, 2.05) is 36.4 Å². The van der Waals surface area contributed by atoms with Crippen LogP contribution in [0.4, 0.5) is 0 Å². The van der Waals surface area contributed by atoms with Crippen LogP contribution in [0.15, 0.2) is 59.4 Å². The van der Waals surface area contributed by atoms with E-state index in [0.717, 1.165) is 41.3 Å². The predicted octanol–water partition coefficient (Wildman–Crippen LogP) is 3.73. The van der Waals surface area contributed by atoms with E-state index >= 15 is 0 Å². The number of hydrogen-bond acceptors (Lipinski definition) is 5. The monoisotopic (exact) mass is 330 g/mol. The number of fused-ring (bicyclic) bond motifs is 1. The highest BCUT2D eigenvalue weighted by atomic mass is 16.5. The molecular weight excluding hydrogens is 316 g/mol. The normalized spacial score (nSPS) is 12.8. The van der Waals surface area contributed by atoms with E-state index < -0.39 is 0 Å². The summed E-state index contributed by atoms with van der Waals surface area (Å²) < 4.78 is 11.1. The van der Waals surface area contributed by atoms with Gasteiger partial charge in [0.25, 0.3) is 5.89 Å². The molecule has 0 saturated carbocycles. The highest BCUT2D eigenvalue weighted by molar-refractivity contribution is 5.76. The highest BCUT2D eigenvalue weighted by Gasteiger charge is 2.18. The van der Waals surface area contributed by atoms with Crippen molar-refractivity contribution in [3.05, 3.63) is 60.4 Å². The lowest BCUT2D eigenvalue weighted by atomic mass is 10.1. The van der Waals surface area contributed by atoms with Crippen LogP contribution in [0, 0.1) is 0 Å². The Labute approximate surface area is 143 Å². The predicted molar refractivity (Wildman–Crippen MR) is 92.0 cm³/mol. The van der Waals surface area contributed by atoms with E-state index in [9.17, 15) is 0 Å². The van der Waals surface area contributed by atoms with E-state index in [-0.39, 0.29) is 0 Å². The van der Waals surface area contributed by atoms with E-state index in [2.05, 4.69) is 26.2 Å². The van der Waals surface area contributed by atoms with Crippen molar-refractivity contribution in [1.29, 1.82) is 0 Å². The third kappa shape index (κ3) is 2.39. The Morgan fingerprint density at radius 1 is 1.04 bits per heavy atom. The van der Waals surface area contributed by atoms with Crippen molar-refractivity contribution in [2.75, 3.05) is 6.61 Å². The number of hydrogen-bond donors (Lipinski definition) is 1. The summed E-state index contributed by atoms with van der Waals surface area (Å²) in [6, 6.07) is 13.8. The molecule has 0 bridgehead atoms. The minimum absolute atomic E-state index is 0.471. The van der Waals surface area contributed by atoms with Crippen molar-refractivity contribution >= 4 is 0 Å². The molecule has 0 atom stereocenters. The minimum Gasteiger partial charge on any atom is -0.493 e. The molecule has 6 nitrogen and oxygen atoms in total. The van der Waals surface area contributed by atoms with E-state index in [1.165, 1.54) is 5.56 Å². The van der Waals surface area contributed by atoms with Gasteiger partial charge in [-0.05, 0) is 29.8 Å². The maximum Gasteiger partial charge on any atom is 0.258 e. The van der Waals surface area contributed by atoms with Gasteiger partial charge in [-0.1, -0.05) is 23.4 Å². The molecule has 2 aromatic carbocycles. The van der Waals surface area contributed by atoms with Crippen molar-refractivity contribution in [2.45, 2.75) is 6.42 Å². The van der Waals surface area contributed by atoms with Crippen LogP contribution < -0.4 is 4.74 Å². The maximum atomic E-state index is 5.55. The number of H-pyrrole nitrogens is 1. The van der Waals surface area contributed by atoms with Gasteiger partial charge < -0.3 is 14.2 Å². The average Bonchev–Trinajstić information content (AvgIpc) is 3.42. The number of rotatable bonds is 3. The van der Waals surface area contributed by atoms with Crippen LogP contribution in [0.5, 0.6) is 5.75 Å². The second-order valence-corrected chi connectivity index (χ2v) is 5.83. The molecule has 1 N–H and O–H groups in total. The topological polar surface area (TPSA) is 76.8 Å². The lowest BCUT2D eigenvalue weighted by Crippen LogP contribution is -1.87. The van der Waals surface area contributed by atoms with Crippen LogP contribution in [0.25, 0.3) is 34.2 Å². The van der Waals surface area contributed by atoms with Crippen LogP contribution in [0.3, 0.4) is 0 Å². The molecular formula is C19H14N4O2. The summed E-state index contributed by atoms with van der Waals surface area (Å²) in [6.45, 7) is 0.729. The van der Waals surface area contributed by atoms with Gasteiger partial charge in [0.2, 0.25) is 5.82 Å². The Balaban J connectivity index is 1.56. The maximum absolute atomic E-state index is 5.55. The number of ether oxygens (including phenoxy) is 1. The highest BCUT2D eigenvalue weighted by Crippen LogP contribution is 2.32. The zero-order valence-electron chi connectivity index (χ0n) is 13.3. The van der Waals surface area contributed by atoms with Crippen molar-refractivity contribution in [3.8, 4) is 40.0 Å². The number of aromatic amines is 1. The Hall–Kier alpha value is -3.41. The van der Waals surface area contributed by atoms with E-state index in [0.29, 0.717) is 11.7 Å². The molecule has 0 radical (unpaired) electrons. The zero-order chi connectivity index (χ0) is 16.6. The van der Waals surface area contributed by atoms with Gasteiger partial charge in [-0.2, -0.15) is 4.98 Å². The summed E-state index contributed by atoms with van der Waals surface area (Å²) in [7, 11) is 0. The third-order valence-corrected chi connectivity index (χ3v) is 4.28. The Morgan fingerprint density at radius 3 is 2.84 bits per heavy atom. The van der Waals surface area contributed by atoms with Crippen LogP contribution in [0.2, 0.25) is 0 Å². The number of imidazole rings is 1. The summed E-state index contributed by atoms with van der Waals surface area (Å²) >= 11 is 0. The lowest BCUT2D eigenvalue weighted by Gasteiger charge is -2.02. The minimum atomic E-state index is 0.471. The second kappa shape index (κ2) is 5.59. The molecule has 0 amide bonds. The van der Waals surface area contributed by atoms with Gasteiger partial charge in [0.1, 0.15) is 11.6 Å². The van der Waals surface area contributed by atoms with Crippen molar-refractivity contribution in [2.24, 2.45) is 0 Å². The fourth-order valence-corrected chi connectivity index (χ4v) is 3.06. The molecule has 0 unspecified atom stereocenters. The fourth-order valence-electron chi connectivity index (χ4n) is 3.06. The quantitative estimate of drug-likeness (QED) is 0.619. The lowest BCUT2D eigenvalue weighted by molar-refractivity contribution is 0.357. The van der Waals surface area contributed by atoms with Crippen LogP contribution in [-0.2, 0) is 6.42 Å². The van der Waals surface area contributed by atoms with Gasteiger partial charge in [-0.15, -0.1) is 0 Å². The van der Waals surface area contributed by atoms with Crippen molar-refractivity contribution < 1.29 is 9.26 Å². The molecule has 0 spiro atoms. The summed E-state index contributed by atoms with van der Waals surface area (Å²) in [6.07, 6.45) is 4.42. The molecule has 5 rings (SSSR count). The molecule has 6 heteroatoms. The van der Waals surface area contributed by atoms with Crippen LogP contribution in [-0.4, -0.2) is 26.7 Å². The van der Waals surface area contributed by atoms with Gasteiger partial charge in [-0.3, -0.25) is 0 Å². The smallest absolute Gasteiger partial charge is 0.258 e. The second-order valence-electron chi connectivity index (χ2n) is 5.83. The molecule has 25 heavy (non-hydrogen) atoms. The van der Waals surface area contributed by atoms with Crippen molar-refractivity contribution in [1.82, 2.24) is 20.1 Å². The first-order valence-electron chi connectivity index (χ1n) is 8.07. The molecule has 3 heterocycles. The molecule has 0 saturated heterocycles. The van der Waals surface area contributed by atoms with Gasteiger partial charge >= 0.3 is 0 Å². The average molecular weight is 330 g/mol. The fraction of sp³-hybridized carbons (Fsp3) is 0.105. The Bertz CT molecular complexity index is 1040. The van der Waals surface area contributed by atoms with Crippen molar-refractivity contribution in [3.63, 3.8) is 0 Å². The molecule has 1 aliphatic heterocycles. The van der Waals surface area contributed by atoms with E-state index in [1.54, 1.807) is 12.4 Å². The summed E-state index contributed by atoms with van der Waals surface area (Å²) in [5.74, 6) is 2.75. The molecule has 1 aliphatic rings.